The van der Waals surface area contributed by atoms with Gasteiger partial charge in [0.25, 0.3) is 5.91 Å². The van der Waals surface area contributed by atoms with Crippen molar-refractivity contribution in [3.63, 3.8) is 0 Å². The Labute approximate surface area is 122 Å². The Morgan fingerprint density at radius 1 is 1.14 bits per heavy atom. The summed E-state index contributed by atoms with van der Waals surface area (Å²) in [6.45, 7) is 0.766. The second kappa shape index (κ2) is 7.35. The SMILES string of the molecule is COCCNC(=O)CNC(=O)c1ccc2ccccc2n1. The van der Waals surface area contributed by atoms with E-state index in [2.05, 4.69) is 15.6 Å². The summed E-state index contributed by atoms with van der Waals surface area (Å²) < 4.78 is 4.82. The van der Waals surface area contributed by atoms with Gasteiger partial charge in [-0.3, -0.25) is 9.59 Å². The number of nitrogens with one attached hydrogen (secondary N) is 2. The molecule has 110 valence electrons. The second-order valence-corrected chi connectivity index (χ2v) is 4.41. The molecule has 0 saturated carbocycles. The van der Waals surface area contributed by atoms with E-state index in [1.165, 1.54) is 0 Å². The molecule has 0 saturated heterocycles. The molecule has 0 atom stereocenters. The molecular formula is C15H17N3O3. The minimum Gasteiger partial charge on any atom is -0.383 e. The van der Waals surface area contributed by atoms with E-state index in [1.54, 1.807) is 13.2 Å². The number of fused-ring (bicyclic) bond motifs is 1. The number of carbonyl (C=O) groups is 2. The Morgan fingerprint density at radius 3 is 2.76 bits per heavy atom. The van der Waals surface area contributed by atoms with Crippen molar-refractivity contribution >= 4 is 22.7 Å². The number of aromatic nitrogens is 1. The number of methoxy groups -OCH3 is 1. The monoisotopic (exact) mass is 287 g/mol. The Bertz CT molecular complexity index is 643. The average Bonchev–Trinajstić information content (AvgIpc) is 2.52. The van der Waals surface area contributed by atoms with Gasteiger partial charge < -0.3 is 15.4 Å². The topological polar surface area (TPSA) is 80.3 Å². The van der Waals surface area contributed by atoms with E-state index in [4.69, 9.17) is 4.74 Å². The van der Waals surface area contributed by atoms with Crippen molar-refractivity contribution in [1.29, 1.82) is 0 Å². The predicted octanol–water partition coefficient (Wildman–Crippen LogP) is 0.727. The molecule has 2 amide bonds. The zero-order chi connectivity index (χ0) is 15.1. The van der Waals surface area contributed by atoms with Crippen LogP contribution in [0.15, 0.2) is 36.4 Å². The van der Waals surface area contributed by atoms with Crippen LogP contribution < -0.4 is 10.6 Å². The van der Waals surface area contributed by atoms with Crippen LogP contribution in [-0.2, 0) is 9.53 Å². The molecule has 0 aliphatic heterocycles. The van der Waals surface area contributed by atoms with Gasteiger partial charge in [-0.15, -0.1) is 0 Å². The molecule has 0 spiro atoms. The van der Waals surface area contributed by atoms with Crippen LogP contribution in [-0.4, -0.2) is 43.6 Å². The van der Waals surface area contributed by atoms with E-state index < -0.39 is 0 Å². The first-order valence-corrected chi connectivity index (χ1v) is 6.60. The number of rotatable bonds is 6. The maximum Gasteiger partial charge on any atom is 0.270 e. The van der Waals surface area contributed by atoms with Crippen molar-refractivity contribution in [2.45, 2.75) is 0 Å². The fourth-order valence-corrected chi connectivity index (χ4v) is 1.80. The molecule has 0 unspecified atom stereocenters. The second-order valence-electron chi connectivity index (χ2n) is 4.41. The number of nitrogens with zero attached hydrogens (tertiary/aromatic N) is 1. The van der Waals surface area contributed by atoms with Gasteiger partial charge in [-0.2, -0.15) is 0 Å². The third-order valence-electron chi connectivity index (χ3n) is 2.87. The van der Waals surface area contributed by atoms with Gasteiger partial charge in [0, 0.05) is 19.0 Å². The highest BCUT2D eigenvalue weighted by Crippen LogP contribution is 2.11. The van der Waals surface area contributed by atoms with Crippen LogP contribution in [0.5, 0.6) is 0 Å². The first kappa shape index (κ1) is 14.9. The number of para-hydroxylation sites is 1. The number of hydrogen-bond acceptors (Lipinski definition) is 4. The highest BCUT2D eigenvalue weighted by molar-refractivity contribution is 5.96. The summed E-state index contributed by atoms with van der Waals surface area (Å²) in [5, 5.41) is 6.12. The van der Waals surface area contributed by atoms with Crippen LogP contribution >= 0.6 is 0 Å². The molecule has 1 aromatic heterocycles. The van der Waals surface area contributed by atoms with Gasteiger partial charge in [-0.25, -0.2) is 4.98 Å². The van der Waals surface area contributed by atoms with Crippen molar-refractivity contribution in [1.82, 2.24) is 15.6 Å². The fourth-order valence-electron chi connectivity index (χ4n) is 1.80. The van der Waals surface area contributed by atoms with Crippen LogP contribution in [0.3, 0.4) is 0 Å². The van der Waals surface area contributed by atoms with Crippen molar-refractivity contribution in [3.8, 4) is 0 Å². The lowest BCUT2D eigenvalue weighted by Crippen LogP contribution is -2.38. The van der Waals surface area contributed by atoms with E-state index in [0.29, 0.717) is 18.8 Å². The fraction of sp³-hybridized carbons (Fsp3) is 0.267. The molecule has 2 N–H and O–H groups in total. The predicted molar refractivity (Wildman–Crippen MR) is 79.0 cm³/mol. The molecule has 6 heteroatoms. The smallest absolute Gasteiger partial charge is 0.270 e. The molecule has 0 radical (unpaired) electrons. The number of pyridine rings is 1. The normalized spacial score (nSPS) is 10.3. The van der Waals surface area contributed by atoms with Crippen LogP contribution in [0, 0.1) is 0 Å². The lowest BCUT2D eigenvalue weighted by Gasteiger charge is -2.06. The van der Waals surface area contributed by atoms with E-state index in [-0.39, 0.29) is 18.4 Å². The molecular weight excluding hydrogens is 270 g/mol. The van der Waals surface area contributed by atoms with E-state index >= 15 is 0 Å². The van der Waals surface area contributed by atoms with Crippen molar-refractivity contribution in [2.24, 2.45) is 0 Å². The molecule has 1 heterocycles. The van der Waals surface area contributed by atoms with Crippen molar-refractivity contribution < 1.29 is 14.3 Å². The van der Waals surface area contributed by atoms with Gasteiger partial charge in [-0.1, -0.05) is 24.3 Å². The molecule has 0 aliphatic rings. The molecule has 2 rings (SSSR count). The average molecular weight is 287 g/mol. The van der Waals surface area contributed by atoms with Crippen LogP contribution in [0.2, 0.25) is 0 Å². The molecule has 0 bridgehead atoms. The summed E-state index contributed by atoms with van der Waals surface area (Å²) in [5.41, 5.74) is 1.04. The minimum atomic E-state index is -0.373. The van der Waals surface area contributed by atoms with Gasteiger partial charge in [-0.05, 0) is 12.1 Å². The Hall–Kier alpha value is -2.47. The first-order chi connectivity index (χ1) is 10.2. The van der Waals surface area contributed by atoms with Gasteiger partial charge in [0.2, 0.25) is 5.91 Å². The van der Waals surface area contributed by atoms with Gasteiger partial charge in [0.05, 0.1) is 18.7 Å². The maximum atomic E-state index is 11.9. The number of hydrogen-bond donors (Lipinski definition) is 2. The third kappa shape index (κ3) is 4.25. The molecule has 6 nitrogen and oxygen atoms in total. The third-order valence-corrected chi connectivity index (χ3v) is 2.87. The number of amides is 2. The Kier molecular flexibility index (Phi) is 5.22. The van der Waals surface area contributed by atoms with Gasteiger partial charge >= 0.3 is 0 Å². The number of benzene rings is 1. The molecule has 21 heavy (non-hydrogen) atoms. The highest BCUT2D eigenvalue weighted by atomic mass is 16.5. The zero-order valence-electron chi connectivity index (χ0n) is 11.8. The van der Waals surface area contributed by atoms with Crippen molar-refractivity contribution in [3.05, 3.63) is 42.1 Å². The van der Waals surface area contributed by atoms with Crippen LogP contribution in [0.1, 0.15) is 10.5 Å². The summed E-state index contributed by atoms with van der Waals surface area (Å²) in [7, 11) is 1.55. The van der Waals surface area contributed by atoms with Gasteiger partial charge in [0.15, 0.2) is 0 Å². The summed E-state index contributed by atoms with van der Waals surface area (Å²) in [6.07, 6.45) is 0. The summed E-state index contributed by atoms with van der Waals surface area (Å²) in [6, 6.07) is 11.0. The molecule has 0 aliphatic carbocycles. The lowest BCUT2D eigenvalue weighted by molar-refractivity contribution is -0.120. The number of carbonyl (C=O) groups excluding carboxylic acids is 2. The minimum absolute atomic E-state index is 0.0863. The van der Waals surface area contributed by atoms with E-state index in [0.717, 1.165) is 10.9 Å². The summed E-state index contributed by atoms with van der Waals surface area (Å²) >= 11 is 0. The van der Waals surface area contributed by atoms with E-state index in [1.807, 2.05) is 30.3 Å². The zero-order valence-corrected chi connectivity index (χ0v) is 11.8. The van der Waals surface area contributed by atoms with E-state index in [9.17, 15) is 9.59 Å². The lowest BCUT2D eigenvalue weighted by atomic mass is 10.2. The van der Waals surface area contributed by atoms with Gasteiger partial charge in [0.1, 0.15) is 5.69 Å². The molecule has 2 aromatic rings. The largest absolute Gasteiger partial charge is 0.383 e. The molecule has 0 fully saturated rings. The Balaban J connectivity index is 1.91. The van der Waals surface area contributed by atoms with Crippen LogP contribution in [0.4, 0.5) is 0 Å². The summed E-state index contributed by atoms with van der Waals surface area (Å²) in [4.78, 5) is 27.7. The summed E-state index contributed by atoms with van der Waals surface area (Å²) in [5.74, 6) is -0.635. The highest BCUT2D eigenvalue weighted by Gasteiger charge is 2.09. The van der Waals surface area contributed by atoms with Crippen molar-refractivity contribution in [2.75, 3.05) is 26.8 Å². The quantitative estimate of drug-likeness (QED) is 0.767. The first-order valence-electron chi connectivity index (χ1n) is 6.60. The Morgan fingerprint density at radius 2 is 1.95 bits per heavy atom. The standard InChI is InChI=1S/C15H17N3O3/c1-21-9-8-16-14(19)10-17-15(20)13-7-6-11-4-2-3-5-12(11)18-13/h2-7H,8-10H2,1H3,(H,16,19)(H,17,20). The molecule has 1 aromatic carbocycles. The van der Waals surface area contributed by atoms with Crippen LogP contribution in [0.25, 0.3) is 10.9 Å². The number of ether oxygens (including phenoxy) is 1. The maximum absolute atomic E-state index is 11.9.